The van der Waals surface area contributed by atoms with Crippen LogP contribution in [-0.4, -0.2) is 53.4 Å². The fraction of sp³-hybridized carbons (Fsp3) is 0.500. The Morgan fingerprint density at radius 3 is 2.71 bits per heavy atom. The lowest BCUT2D eigenvalue weighted by molar-refractivity contribution is -0.134. The van der Waals surface area contributed by atoms with Gasteiger partial charge in [-0.2, -0.15) is 0 Å². The van der Waals surface area contributed by atoms with Crippen molar-refractivity contribution in [3.8, 4) is 11.1 Å². The van der Waals surface area contributed by atoms with Crippen molar-refractivity contribution in [2.45, 2.75) is 32.6 Å². The molecule has 1 amide bonds. The molecule has 4 rings (SSSR count). The molecule has 28 heavy (non-hydrogen) atoms. The van der Waals surface area contributed by atoms with Crippen molar-refractivity contribution in [1.29, 1.82) is 0 Å². The highest BCUT2D eigenvalue weighted by Gasteiger charge is 2.32. The van der Waals surface area contributed by atoms with E-state index in [4.69, 9.17) is 0 Å². The Hall–Kier alpha value is -2.20. The molecule has 0 N–H and O–H groups in total. The number of benzene rings is 1. The van der Waals surface area contributed by atoms with Crippen molar-refractivity contribution < 1.29 is 4.79 Å². The van der Waals surface area contributed by atoms with Gasteiger partial charge in [-0.3, -0.25) is 9.78 Å². The van der Waals surface area contributed by atoms with Crippen LogP contribution < -0.4 is 0 Å². The lowest BCUT2D eigenvalue weighted by Gasteiger charge is -2.24. The zero-order valence-corrected chi connectivity index (χ0v) is 16.9. The summed E-state index contributed by atoms with van der Waals surface area (Å²) in [7, 11) is 0. The molecule has 4 heteroatoms. The maximum absolute atomic E-state index is 13.2. The smallest absolute Gasteiger partial charge is 0.227 e. The fourth-order valence-corrected chi connectivity index (χ4v) is 4.28. The molecule has 4 nitrogen and oxygen atoms in total. The van der Waals surface area contributed by atoms with Crippen LogP contribution in [0.1, 0.15) is 31.7 Å². The van der Waals surface area contributed by atoms with Crippen LogP contribution in [0, 0.1) is 11.8 Å². The van der Waals surface area contributed by atoms with Crippen molar-refractivity contribution in [1.82, 2.24) is 14.8 Å². The summed E-state index contributed by atoms with van der Waals surface area (Å²) in [6.45, 7) is 7.00. The molecular weight excluding hydrogens is 346 g/mol. The number of carbonyl (C=O) groups is 1. The Morgan fingerprint density at radius 2 is 1.96 bits per heavy atom. The van der Waals surface area contributed by atoms with Crippen LogP contribution in [0.2, 0.25) is 0 Å². The van der Waals surface area contributed by atoms with Gasteiger partial charge in [-0.15, -0.1) is 0 Å². The molecule has 2 aromatic rings. The first-order chi connectivity index (χ1) is 13.7. The van der Waals surface area contributed by atoms with E-state index in [-0.39, 0.29) is 5.92 Å². The van der Waals surface area contributed by atoms with E-state index in [1.807, 2.05) is 12.3 Å². The molecule has 148 valence electrons. The van der Waals surface area contributed by atoms with Crippen LogP contribution in [-0.2, 0) is 11.2 Å². The van der Waals surface area contributed by atoms with Gasteiger partial charge in [0.05, 0.1) is 5.92 Å². The van der Waals surface area contributed by atoms with E-state index >= 15 is 0 Å². The summed E-state index contributed by atoms with van der Waals surface area (Å²) in [5, 5.41) is 0. The van der Waals surface area contributed by atoms with Gasteiger partial charge in [-0.1, -0.05) is 37.3 Å². The summed E-state index contributed by atoms with van der Waals surface area (Å²) in [5.41, 5.74) is 3.54. The molecule has 1 saturated carbocycles. The molecule has 2 aliphatic rings. The van der Waals surface area contributed by atoms with Crippen LogP contribution in [0.3, 0.4) is 0 Å². The van der Waals surface area contributed by atoms with Crippen molar-refractivity contribution in [3.63, 3.8) is 0 Å². The topological polar surface area (TPSA) is 36.4 Å². The third kappa shape index (κ3) is 4.79. The summed E-state index contributed by atoms with van der Waals surface area (Å²) in [6.07, 6.45) is 8.26. The Labute approximate surface area is 168 Å². The van der Waals surface area contributed by atoms with Gasteiger partial charge in [0.15, 0.2) is 0 Å². The van der Waals surface area contributed by atoms with E-state index in [2.05, 4.69) is 52.0 Å². The van der Waals surface area contributed by atoms with E-state index < -0.39 is 0 Å². The lowest BCUT2D eigenvalue weighted by Crippen LogP contribution is -2.37. The molecule has 0 spiro atoms. The molecule has 1 atom stereocenters. The van der Waals surface area contributed by atoms with Gasteiger partial charge < -0.3 is 9.80 Å². The Kier molecular flexibility index (Phi) is 6.06. The first kappa shape index (κ1) is 19.1. The SMILES string of the molecule is CCCN1CCN(CC2CC2)C[C@H](Cc2cccc(-c3cccnc3)c2)C1=O. The first-order valence-electron chi connectivity index (χ1n) is 10.7. The highest BCUT2D eigenvalue weighted by atomic mass is 16.2. The molecule has 1 aliphatic carbocycles. The van der Waals surface area contributed by atoms with Crippen molar-refractivity contribution in [2.75, 3.05) is 32.7 Å². The zero-order valence-electron chi connectivity index (χ0n) is 16.9. The molecule has 0 bridgehead atoms. The highest BCUT2D eigenvalue weighted by molar-refractivity contribution is 5.80. The predicted octanol–water partition coefficient (Wildman–Crippen LogP) is 3.87. The summed E-state index contributed by atoms with van der Waals surface area (Å²) >= 11 is 0. The van der Waals surface area contributed by atoms with Crippen LogP contribution >= 0.6 is 0 Å². The number of pyridine rings is 1. The predicted molar refractivity (Wildman–Crippen MR) is 113 cm³/mol. The standard InChI is InChI=1S/C24H31N3O/c1-2-11-27-13-12-26(17-19-8-9-19)18-23(24(27)28)15-20-5-3-6-21(14-20)22-7-4-10-25-16-22/h3-7,10,14,16,19,23H,2,8-9,11-13,15,17-18H2,1H3/t23-/m0/s1. The largest absolute Gasteiger partial charge is 0.341 e. The van der Waals surface area contributed by atoms with Gasteiger partial charge in [-0.05, 0) is 54.4 Å². The number of aromatic nitrogens is 1. The number of hydrogen-bond acceptors (Lipinski definition) is 3. The molecule has 1 aromatic heterocycles. The van der Waals surface area contributed by atoms with E-state index in [0.29, 0.717) is 5.91 Å². The monoisotopic (exact) mass is 377 g/mol. The van der Waals surface area contributed by atoms with E-state index in [0.717, 1.165) is 50.5 Å². The zero-order chi connectivity index (χ0) is 19.3. The second-order valence-corrected chi connectivity index (χ2v) is 8.37. The van der Waals surface area contributed by atoms with Gasteiger partial charge >= 0.3 is 0 Å². The average Bonchev–Trinajstić information content (AvgIpc) is 3.55. The second kappa shape index (κ2) is 8.87. The quantitative estimate of drug-likeness (QED) is 0.735. The summed E-state index contributed by atoms with van der Waals surface area (Å²) < 4.78 is 0. The van der Waals surface area contributed by atoms with Crippen molar-refractivity contribution in [3.05, 3.63) is 54.4 Å². The Balaban J connectivity index is 1.52. The summed E-state index contributed by atoms with van der Waals surface area (Å²) in [4.78, 5) is 22.1. The van der Waals surface area contributed by atoms with Crippen LogP contribution in [0.4, 0.5) is 0 Å². The summed E-state index contributed by atoms with van der Waals surface area (Å²) in [5.74, 6) is 1.26. The minimum absolute atomic E-state index is 0.0527. The third-order valence-corrected chi connectivity index (χ3v) is 5.94. The molecule has 0 unspecified atom stereocenters. The maximum Gasteiger partial charge on any atom is 0.227 e. The summed E-state index contributed by atoms with van der Waals surface area (Å²) in [6, 6.07) is 12.7. The molecule has 1 aliphatic heterocycles. The number of hydrogen-bond donors (Lipinski definition) is 0. The highest BCUT2D eigenvalue weighted by Crippen LogP contribution is 2.31. The van der Waals surface area contributed by atoms with Crippen molar-refractivity contribution in [2.24, 2.45) is 11.8 Å². The van der Waals surface area contributed by atoms with E-state index in [9.17, 15) is 4.79 Å². The van der Waals surface area contributed by atoms with Crippen LogP contribution in [0.5, 0.6) is 0 Å². The Morgan fingerprint density at radius 1 is 1.11 bits per heavy atom. The van der Waals surface area contributed by atoms with Gasteiger partial charge in [-0.25, -0.2) is 0 Å². The minimum atomic E-state index is 0.0527. The molecule has 0 radical (unpaired) electrons. The molecular formula is C24H31N3O. The first-order valence-corrected chi connectivity index (χ1v) is 10.7. The Bertz CT molecular complexity index is 787. The number of carbonyl (C=O) groups excluding carboxylic acids is 1. The van der Waals surface area contributed by atoms with E-state index in [1.54, 1.807) is 6.20 Å². The number of amides is 1. The molecule has 1 aromatic carbocycles. The minimum Gasteiger partial charge on any atom is -0.341 e. The van der Waals surface area contributed by atoms with Crippen LogP contribution in [0.25, 0.3) is 11.1 Å². The van der Waals surface area contributed by atoms with Gasteiger partial charge in [0, 0.05) is 45.1 Å². The lowest BCUT2D eigenvalue weighted by atomic mass is 9.95. The van der Waals surface area contributed by atoms with E-state index in [1.165, 1.54) is 30.5 Å². The van der Waals surface area contributed by atoms with Gasteiger partial charge in [0.2, 0.25) is 5.91 Å². The number of rotatable bonds is 7. The third-order valence-electron chi connectivity index (χ3n) is 5.94. The maximum atomic E-state index is 13.2. The van der Waals surface area contributed by atoms with Gasteiger partial charge in [0.25, 0.3) is 0 Å². The average molecular weight is 378 g/mol. The molecule has 2 heterocycles. The van der Waals surface area contributed by atoms with Crippen molar-refractivity contribution >= 4 is 5.91 Å². The number of nitrogens with zero attached hydrogens (tertiary/aromatic N) is 3. The second-order valence-electron chi connectivity index (χ2n) is 8.37. The van der Waals surface area contributed by atoms with Gasteiger partial charge in [0.1, 0.15) is 0 Å². The fourth-order valence-electron chi connectivity index (χ4n) is 4.28. The van der Waals surface area contributed by atoms with Crippen LogP contribution in [0.15, 0.2) is 48.8 Å². The normalized spacial score (nSPS) is 21.0. The molecule has 2 fully saturated rings. The molecule has 1 saturated heterocycles.